The van der Waals surface area contributed by atoms with Gasteiger partial charge in [-0.3, -0.25) is 39.9 Å². The third-order valence-corrected chi connectivity index (χ3v) is 1.77. The van der Waals surface area contributed by atoms with Crippen molar-refractivity contribution in [1.82, 2.24) is 19.9 Å². The van der Waals surface area contributed by atoms with E-state index in [-0.39, 0.29) is 49.6 Å². The van der Waals surface area contributed by atoms with Gasteiger partial charge in [0.25, 0.3) is 0 Å². The summed E-state index contributed by atoms with van der Waals surface area (Å²) in [5.74, 6) is 0. The molecule has 4 aromatic heterocycles. The number of rotatable bonds is 0. The van der Waals surface area contributed by atoms with Gasteiger partial charge in [0.05, 0.1) is 0 Å². The normalized spacial score (nSPS) is 6.67. The molecule has 8 N–H and O–H groups in total. The number of H-pyrrole nitrogens is 8. The molecule has 4 aromatic rings. The Hall–Kier alpha value is -2.00. The molecule has 24 heavy (non-hydrogen) atoms. The van der Waals surface area contributed by atoms with Crippen molar-refractivity contribution in [1.29, 1.82) is 0 Å². The number of aromatic amines is 8. The molecule has 136 valence electrons. The first-order chi connectivity index (χ1) is 10.0. The summed E-state index contributed by atoms with van der Waals surface area (Å²) >= 11 is 0. The predicted molar refractivity (Wildman–Crippen MR) is 69.4 cm³/mol. The van der Waals surface area contributed by atoms with Crippen molar-refractivity contribution in [2.24, 2.45) is 0 Å². The molecule has 0 aromatic carbocycles. The molecule has 0 spiro atoms. The lowest BCUT2D eigenvalue weighted by atomic mass is 11.0. The molecule has 4 rings (SSSR count). The Balaban J connectivity index is -0.000000105. The lowest BCUT2D eigenvalue weighted by molar-refractivity contribution is -0.376. The fourth-order valence-corrected chi connectivity index (χ4v) is 0.962. The van der Waals surface area contributed by atoms with Crippen molar-refractivity contribution < 1.29 is 69.6 Å². The number of halogens is 4. The van der Waals surface area contributed by atoms with Crippen LogP contribution in [0, 0.1) is 0 Å². The average molecular weight is 418 g/mol. The van der Waals surface area contributed by atoms with Crippen LogP contribution in [0.5, 0.6) is 0 Å². The summed E-state index contributed by atoms with van der Waals surface area (Å²) in [6, 6.07) is 0. The lowest BCUT2D eigenvalue weighted by Gasteiger charge is -1.37. The van der Waals surface area contributed by atoms with Gasteiger partial charge in [-0.15, -0.1) is 0 Å². The molecule has 12 heteroatoms. The number of nitrogens with one attached hydrogen (secondary N) is 8. The third-order valence-electron chi connectivity index (χ3n) is 1.77. The third kappa shape index (κ3) is 22.3. The highest BCUT2D eigenvalue weighted by Crippen LogP contribution is 1.55. The second-order valence-corrected chi connectivity index (χ2v) is 3.24. The summed E-state index contributed by atoms with van der Waals surface area (Å²) in [7, 11) is 0. The second kappa shape index (κ2) is 25.9. The van der Waals surface area contributed by atoms with Crippen LogP contribution in [0.4, 0.5) is 0 Å². The summed E-state index contributed by atoms with van der Waals surface area (Å²) in [4.78, 5) is 22.4. The summed E-state index contributed by atoms with van der Waals surface area (Å²) in [5.41, 5.74) is 0. The number of hydrogen-bond donors (Lipinski definition) is 4. The molecule has 0 fully saturated rings. The van der Waals surface area contributed by atoms with Gasteiger partial charge in [-0.1, -0.05) is 0 Å². The molecule has 0 unspecified atom stereocenters. The second-order valence-electron chi connectivity index (χ2n) is 3.24. The van der Waals surface area contributed by atoms with Gasteiger partial charge < -0.3 is 49.6 Å². The molecule has 8 nitrogen and oxygen atoms in total. The first-order valence-electron chi connectivity index (χ1n) is 5.95. The van der Waals surface area contributed by atoms with Gasteiger partial charge in [0.15, 0.2) is 0 Å². The van der Waals surface area contributed by atoms with Crippen LogP contribution in [0.1, 0.15) is 0 Å². The number of imidazole rings is 4. The zero-order valence-electron chi connectivity index (χ0n) is 12.4. The van der Waals surface area contributed by atoms with Crippen molar-refractivity contribution in [3.8, 4) is 0 Å². The van der Waals surface area contributed by atoms with E-state index in [1.54, 1.807) is 25.3 Å². The lowest BCUT2D eigenvalue weighted by Crippen LogP contribution is -3.00. The topological polar surface area (TPSA) is 120 Å². The van der Waals surface area contributed by atoms with Gasteiger partial charge in [-0.2, -0.15) is 0 Å². The van der Waals surface area contributed by atoms with E-state index in [1.807, 2.05) is 49.6 Å². The minimum absolute atomic E-state index is 0. The van der Waals surface area contributed by atoms with Gasteiger partial charge >= 0.3 is 0 Å². The average Bonchev–Trinajstić information content (AvgIpc) is 3.40. The quantitative estimate of drug-likeness (QED) is 0.217. The molecule has 0 aliphatic carbocycles. The molecule has 0 atom stereocenters. The Labute approximate surface area is 164 Å². The van der Waals surface area contributed by atoms with Crippen LogP contribution in [-0.2, 0) is 0 Å². The zero-order chi connectivity index (χ0) is 14.1. The van der Waals surface area contributed by atoms with Crippen LogP contribution in [0.2, 0.25) is 0 Å². The van der Waals surface area contributed by atoms with E-state index in [2.05, 4.69) is 39.9 Å². The summed E-state index contributed by atoms with van der Waals surface area (Å²) in [5, 5.41) is 0. The summed E-state index contributed by atoms with van der Waals surface area (Å²) in [6.07, 6.45) is 21.6. The number of aromatic nitrogens is 8. The highest BCUT2D eigenvalue weighted by molar-refractivity contribution is 4.53. The summed E-state index contributed by atoms with van der Waals surface area (Å²) < 4.78 is 0. The molecule has 0 bridgehead atoms. The fraction of sp³-hybridized carbons (Fsp3) is 0. The van der Waals surface area contributed by atoms with Crippen LogP contribution in [0.3, 0.4) is 0 Å². The van der Waals surface area contributed by atoms with Crippen LogP contribution in [0.15, 0.2) is 74.9 Å². The number of hydrogen-bond acceptors (Lipinski definition) is 0. The standard InChI is InChI=1S/4C3H4N2.4ClH/c4*1-2-5-3-4-1;;;;/h4*1-3H,(H,4,5);4*1H. The van der Waals surface area contributed by atoms with Crippen molar-refractivity contribution >= 4 is 0 Å². The Morgan fingerprint density at radius 1 is 0.375 bits per heavy atom. The van der Waals surface area contributed by atoms with E-state index in [0.29, 0.717) is 0 Å². The summed E-state index contributed by atoms with van der Waals surface area (Å²) in [6.45, 7) is 0. The Morgan fingerprint density at radius 2 is 0.583 bits per heavy atom. The van der Waals surface area contributed by atoms with Crippen LogP contribution in [0.25, 0.3) is 0 Å². The van der Waals surface area contributed by atoms with Crippen molar-refractivity contribution in [2.75, 3.05) is 0 Å². The zero-order valence-corrected chi connectivity index (χ0v) is 15.5. The highest BCUT2D eigenvalue weighted by atomic mass is 35.5. The van der Waals surface area contributed by atoms with E-state index in [0.717, 1.165) is 0 Å². The van der Waals surface area contributed by atoms with Crippen LogP contribution >= 0.6 is 0 Å². The van der Waals surface area contributed by atoms with E-state index < -0.39 is 0 Å². The molecule has 0 aliphatic rings. The van der Waals surface area contributed by atoms with Gasteiger partial charge in [0.1, 0.15) is 49.6 Å². The molecular formula is C12H20Cl4N8. The van der Waals surface area contributed by atoms with Crippen molar-refractivity contribution in [3.05, 3.63) is 74.9 Å². The highest BCUT2D eigenvalue weighted by Gasteiger charge is 1.66. The van der Waals surface area contributed by atoms with Crippen molar-refractivity contribution in [3.63, 3.8) is 0 Å². The van der Waals surface area contributed by atoms with Gasteiger partial charge in [-0.25, -0.2) is 0 Å². The maximum Gasteiger partial charge on any atom is 0.239 e. The maximum absolute atomic E-state index is 2.81. The van der Waals surface area contributed by atoms with Gasteiger partial charge in [-0.05, 0) is 0 Å². The van der Waals surface area contributed by atoms with E-state index in [4.69, 9.17) is 0 Å². The van der Waals surface area contributed by atoms with Gasteiger partial charge in [0.2, 0.25) is 25.3 Å². The molecule has 0 saturated heterocycles. The monoisotopic (exact) mass is 416 g/mol. The first kappa shape index (κ1) is 29.9. The molecule has 0 aliphatic heterocycles. The Bertz CT molecular complexity index is 366. The molecule has 0 radical (unpaired) electrons. The smallest absolute Gasteiger partial charge is 0.239 e. The fourth-order valence-electron chi connectivity index (χ4n) is 0.962. The SMILES string of the molecule is [Cl-].[Cl-].[Cl-].[Cl-].c1c[nH+]c[nH]1.c1c[nH+]c[nH]1.c1c[nH+]c[nH]1.c1c[nH+]c[nH]1. The molecule has 4 heterocycles. The van der Waals surface area contributed by atoms with Crippen molar-refractivity contribution in [2.45, 2.75) is 0 Å². The van der Waals surface area contributed by atoms with E-state index in [9.17, 15) is 0 Å². The predicted octanol–water partition coefficient (Wildman–Crippen LogP) is -12.7. The first-order valence-corrected chi connectivity index (χ1v) is 5.95. The van der Waals surface area contributed by atoms with E-state index in [1.165, 1.54) is 0 Å². The minimum Gasteiger partial charge on any atom is -1.00 e. The minimum atomic E-state index is 0. The van der Waals surface area contributed by atoms with Crippen LogP contribution < -0.4 is 69.6 Å². The van der Waals surface area contributed by atoms with Crippen LogP contribution in [-0.4, -0.2) is 19.9 Å². The largest absolute Gasteiger partial charge is 1.00 e. The Kier molecular flexibility index (Phi) is 32.3. The molecular weight excluding hydrogens is 398 g/mol. The molecule has 0 saturated carbocycles. The van der Waals surface area contributed by atoms with E-state index >= 15 is 0 Å². The Morgan fingerprint density at radius 3 is 0.625 bits per heavy atom. The maximum atomic E-state index is 2.81. The molecule has 0 amide bonds. The van der Waals surface area contributed by atoms with Gasteiger partial charge in [0, 0.05) is 0 Å².